The van der Waals surface area contributed by atoms with Gasteiger partial charge in [-0.1, -0.05) is 4.40 Å². The number of carboxylic acid groups (broad SMARTS) is 1. The van der Waals surface area contributed by atoms with Crippen molar-refractivity contribution < 1.29 is 14.5 Å². The zero-order valence-corrected chi connectivity index (χ0v) is 12.1. The van der Waals surface area contributed by atoms with E-state index in [1.165, 1.54) is 0 Å². The Balaban J connectivity index is 1.97. The lowest BCUT2D eigenvalue weighted by atomic mass is 9.38. The molecular formula is C12H20N2O3S. The molecule has 6 heteroatoms. The van der Waals surface area contributed by atoms with Gasteiger partial charge in [0.2, 0.25) is 0 Å². The van der Waals surface area contributed by atoms with E-state index in [2.05, 4.69) is 9.71 Å². The molecule has 5 nitrogen and oxygen atoms in total. The van der Waals surface area contributed by atoms with Gasteiger partial charge >= 0.3 is 6.09 Å². The second kappa shape index (κ2) is 3.87. The van der Waals surface area contributed by atoms with Gasteiger partial charge < -0.3 is 15.0 Å². The highest BCUT2D eigenvalue weighted by Crippen LogP contribution is 2.67. The Bertz CT molecular complexity index is 394. The van der Waals surface area contributed by atoms with Gasteiger partial charge in [-0.05, 0) is 47.0 Å². The number of hydrogen-bond acceptors (Lipinski definition) is 3. The quantitative estimate of drug-likeness (QED) is 0.609. The molecule has 1 atom stereocenters. The van der Waals surface area contributed by atoms with E-state index in [1.54, 1.807) is 0 Å². The highest BCUT2D eigenvalue weighted by molar-refractivity contribution is 7.91. The normalized spacial score (nSPS) is 36.4. The molecule has 0 saturated heterocycles. The lowest BCUT2D eigenvalue weighted by Gasteiger charge is -2.69. The Labute approximate surface area is 110 Å². The topological polar surface area (TPSA) is 84.8 Å². The van der Waals surface area contributed by atoms with Crippen LogP contribution in [0.3, 0.4) is 0 Å². The molecule has 0 aromatic heterocycles. The van der Waals surface area contributed by atoms with Crippen molar-refractivity contribution in [3.63, 3.8) is 0 Å². The van der Waals surface area contributed by atoms with Crippen molar-refractivity contribution >= 4 is 23.2 Å². The van der Waals surface area contributed by atoms with E-state index in [9.17, 15) is 9.35 Å². The van der Waals surface area contributed by atoms with Gasteiger partial charge in [0.15, 0.2) is 0 Å². The monoisotopic (exact) mass is 272 g/mol. The average Bonchev–Trinajstić information content (AvgIpc) is 2.06. The first-order valence-electron chi connectivity index (χ1n) is 6.08. The molecule has 0 aromatic carbocycles. The molecule has 0 spiro atoms. The van der Waals surface area contributed by atoms with Crippen LogP contribution in [0.2, 0.25) is 0 Å². The molecule has 18 heavy (non-hydrogen) atoms. The number of amides is 1. The molecular weight excluding hydrogens is 252 g/mol. The second-order valence-corrected chi connectivity index (χ2v) is 8.46. The van der Waals surface area contributed by atoms with E-state index in [-0.39, 0.29) is 15.7 Å². The van der Waals surface area contributed by atoms with Gasteiger partial charge in [0.25, 0.3) is 0 Å². The lowest BCUT2D eigenvalue weighted by Crippen LogP contribution is -2.76. The van der Waals surface area contributed by atoms with Crippen molar-refractivity contribution in [1.29, 1.82) is 0 Å². The number of carbonyl (C=O) groups is 1. The fraction of sp³-hybridized carbons (Fsp3) is 0.833. The molecule has 0 radical (unpaired) electrons. The molecule has 3 rings (SSSR count). The maximum atomic E-state index is 12.0. The zero-order chi connectivity index (χ0) is 13.8. The number of nitrogens with one attached hydrogen (secondary N) is 1. The summed E-state index contributed by atoms with van der Waals surface area (Å²) < 4.78 is 15.9. The molecule has 2 N–H and O–H groups in total. The van der Waals surface area contributed by atoms with Crippen LogP contribution in [-0.2, 0) is 11.4 Å². The molecule has 2 bridgehead atoms. The minimum atomic E-state index is -1.23. The standard InChI is InChI=1S/C12H20N2O3S/c1-8(14-18(17)10(2,3)4)11-5-12(6-11,7-11)13-9(15)16/h13H,5-7H2,1-4H3,(H,15,16). The van der Waals surface area contributed by atoms with Crippen LogP contribution in [0.4, 0.5) is 4.79 Å². The van der Waals surface area contributed by atoms with Gasteiger partial charge in [0, 0.05) is 11.0 Å². The van der Waals surface area contributed by atoms with Crippen molar-refractivity contribution in [2.24, 2.45) is 9.81 Å². The Hall–Kier alpha value is -0.750. The second-order valence-electron chi connectivity index (χ2n) is 6.56. The first kappa shape index (κ1) is 13.7. The summed E-state index contributed by atoms with van der Waals surface area (Å²) in [5.74, 6) is 0. The number of nitrogens with zero attached hydrogens (tertiary/aromatic N) is 1. The summed E-state index contributed by atoms with van der Waals surface area (Å²) in [5.41, 5.74) is 0.680. The fourth-order valence-corrected chi connectivity index (χ4v) is 3.61. The molecule has 102 valence electrons. The van der Waals surface area contributed by atoms with Gasteiger partial charge in [-0.2, -0.15) is 0 Å². The molecule has 1 unspecified atom stereocenters. The van der Waals surface area contributed by atoms with E-state index in [1.807, 2.05) is 27.7 Å². The van der Waals surface area contributed by atoms with Gasteiger partial charge in [0.1, 0.15) is 16.1 Å². The van der Waals surface area contributed by atoms with E-state index in [4.69, 9.17) is 5.11 Å². The average molecular weight is 272 g/mol. The molecule has 0 aliphatic heterocycles. The molecule has 0 aromatic rings. The van der Waals surface area contributed by atoms with Gasteiger partial charge in [-0.3, -0.25) is 0 Å². The molecule has 1 amide bonds. The van der Waals surface area contributed by atoms with Crippen LogP contribution < -0.4 is 5.32 Å². The summed E-state index contributed by atoms with van der Waals surface area (Å²) in [6.45, 7) is 7.60. The van der Waals surface area contributed by atoms with Crippen molar-refractivity contribution in [3.05, 3.63) is 0 Å². The molecule has 3 aliphatic rings. The van der Waals surface area contributed by atoms with Crippen LogP contribution in [0.1, 0.15) is 47.0 Å². The molecule has 3 aliphatic carbocycles. The molecule has 3 saturated carbocycles. The van der Waals surface area contributed by atoms with E-state index >= 15 is 0 Å². The summed E-state index contributed by atoms with van der Waals surface area (Å²) in [6.07, 6.45) is 1.42. The van der Waals surface area contributed by atoms with E-state index in [0.29, 0.717) is 0 Å². The zero-order valence-electron chi connectivity index (χ0n) is 11.2. The van der Waals surface area contributed by atoms with Crippen LogP contribution in [0.25, 0.3) is 0 Å². The minimum Gasteiger partial charge on any atom is -0.591 e. The highest BCUT2D eigenvalue weighted by atomic mass is 32.2. The van der Waals surface area contributed by atoms with Crippen molar-refractivity contribution in [3.8, 4) is 0 Å². The van der Waals surface area contributed by atoms with E-state index < -0.39 is 17.5 Å². The first-order chi connectivity index (χ1) is 8.09. The third-order valence-corrected chi connectivity index (χ3v) is 5.40. The van der Waals surface area contributed by atoms with Gasteiger partial charge in [0.05, 0.1) is 5.71 Å². The maximum Gasteiger partial charge on any atom is 0.405 e. The first-order valence-corrected chi connectivity index (χ1v) is 7.18. The van der Waals surface area contributed by atoms with Crippen LogP contribution in [0.5, 0.6) is 0 Å². The highest BCUT2D eigenvalue weighted by Gasteiger charge is 2.70. The number of hydrogen-bond donors (Lipinski definition) is 2. The largest absolute Gasteiger partial charge is 0.591 e. The smallest absolute Gasteiger partial charge is 0.405 e. The van der Waals surface area contributed by atoms with Crippen LogP contribution in [0, 0.1) is 5.41 Å². The predicted molar refractivity (Wildman–Crippen MR) is 71.2 cm³/mol. The van der Waals surface area contributed by atoms with E-state index in [0.717, 1.165) is 25.0 Å². The molecule has 3 fully saturated rings. The maximum absolute atomic E-state index is 12.0. The van der Waals surface area contributed by atoms with Crippen molar-refractivity contribution in [2.75, 3.05) is 0 Å². The van der Waals surface area contributed by atoms with Gasteiger partial charge in [-0.25, -0.2) is 4.79 Å². The van der Waals surface area contributed by atoms with Crippen LogP contribution in [-0.4, -0.2) is 31.8 Å². The lowest BCUT2D eigenvalue weighted by molar-refractivity contribution is -0.0941. The van der Waals surface area contributed by atoms with Crippen LogP contribution in [0.15, 0.2) is 4.40 Å². The predicted octanol–water partition coefficient (Wildman–Crippen LogP) is 2.10. The Kier molecular flexibility index (Phi) is 2.94. The summed E-state index contributed by atoms with van der Waals surface area (Å²) in [7, 11) is 0. The summed E-state index contributed by atoms with van der Waals surface area (Å²) in [4.78, 5) is 10.6. The Morgan fingerprint density at radius 2 is 1.89 bits per heavy atom. The SMILES string of the molecule is CC(=N[S+]([O-])C(C)(C)C)C12CC(NC(=O)O)(C1)C2. The summed E-state index contributed by atoms with van der Waals surface area (Å²) in [5, 5.41) is 11.3. The Morgan fingerprint density at radius 1 is 1.39 bits per heavy atom. The van der Waals surface area contributed by atoms with Crippen molar-refractivity contribution in [2.45, 2.75) is 57.2 Å². The fourth-order valence-electron chi connectivity index (χ4n) is 2.89. The minimum absolute atomic E-state index is 0.00333. The van der Waals surface area contributed by atoms with Gasteiger partial charge in [-0.15, -0.1) is 0 Å². The summed E-state index contributed by atoms with van der Waals surface area (Å²) in [6, 6.07) is 0. The number of rotatable bonds is 3. The van der Waals surface area contributed by atoms with Crippen molar-refractivity contribution in [1.82, 2.24) is 5.32 Å². The molecule has 0 heterocycles. The third-order valence-electron chi connectivity index (χ3n) is 3.91. The third kappa shape index (κ3) is 2.12. The Morgan fingerprint density at radius 3 is 2.28 bits per heavy atom. The van der Waals surface area contributed by atoms with Crippen LogP contribution >= 0.6 is 0 Å². The summed E-state index contributed by atoms with van der Waals surface area (Å²) >= 11 is -1.23.